The second-order valence-electron chi connectivity index (χ2n) is 8.37. The van der Waals surface area contributed by atoms with Gasteiger partial charge in [0.25, 0.3) is 0 Å². The van der Waals surface area contributed by atoms with Crippen molar-refractivity contribution >= 4 is 40.1 Å². The van der Waals surface area contributed by atoms with Crippen molar-refractivity contribution in [2.75, 3.05) is 5.32 Å². The van der Waals surface area contributed by atoms with E-state index in [-0.39, 0.29) is 6.03 Å². The summed E-state index contributed by atoms with van der Waals surface area (Å²) in [6.07, 6.45) is 3.26. The zero-order valence-corrected chi connectivity index (χ0v) is 19.7. The van der Waals surface area contributed by atoms with Crippen LogP contribution in [0.2, 0.25) is 0 Å². The fraction of sp³-hybridized carbons (Fsp3) is 0.200. The summed E-state index contributed by atoms with van der Waals surface area (Å²) in [7, 11) is 0. The first-order valence-corrected chi connectivity index (χ1v) is 11.5. The minimum absolute atomic E-state index is 0.263. The van der Waals surface area contributed by atoms with Crippen molar-refractivity contribution in [2.24, 2.45) is 0 Å². The Morgan fingerprint density at radius 3 is 2.79 bits per heavy atom. The quantitative estimate of drug-likeness (QED) is 0.243. The highest BCUT2D eigenvalue weighted by atomic mass is 32.2. The van der Waals surface area contributed by atoms with E-state index in [0.717, 1.165) is 44.0 Å². The molecule has 0 radical (unpaired) electrons. The van der Waals surface area contributed by atoms with Crippen molar-refractivity contribution in [3.05, 3.63) is 84.3 Å². The summed E-state index contributed by atoms with van der Waals surface area (Å²) in [5, 5.41) is 14.7. The number of amides is 2. The molecule has 168 valence electrons. The van der Waals surface area contributed by atoms with Gasteiger partial charge in [0.2, 0.25) is 0 Å². The summed E-state index contributed by atoms with van der Waals surface area (Å²) in [5.74, 6) is 0.702. The molecule has 8 heteroatoms. The molecule has 2 heterocycles. The fourth-order valence-corrected chi connectivity index (χ4v) is 4.35. The molecule has 2 aromatic carbocycles. The number of H-pyrrole nitrogens is 1. The topological polar surface area (TPSA) is 95.6 Å². The number of aromatic nitrogens is 4. The molecule has 33 heavy (non-hydrogen) atoms. The number of thioether (sulfide) groups is 1. The molecule has 0 fully saturated rings. The molecule has 4 aromatic rings. The van der Waals surface area contributed by atoms with Crippen molar-refractivity contribution in [2.45, 2.75) is 37.1 Å². The van der Waals surface area contributed by atoms with Crippen molar-refractivity contribution < 1.29 is 4.79 Å². The molecule has 0 aliphatic carbocycles. The lowest BCUT2D eigenvalue weighted by Crippen LogP contribution is -2.43. The van der Waals surface area contributed by atoms with E-state index in [2.05, 4.69) is 43.4 Å². The van der Waals surface area contributed by atoms with Gasteiger partial charge in [0.15, 0.2) is 5.65 Å². The highest BCUT2D eigenvalue weighted by Crippen LogP contribution is 2.27. The van der Waals surface area contributed by atoms with Crippen molar-refractivity contribution in [1.82, 2.24) is 25.5 Å². The number of rotatable bonds is 7. The first-order chi connectivity index (χ1) is 15.8. The van der Waals surface area contributed by atoms with Gasteiger partial charge >= 0.3 is 6.03 Å². The lowest BCUT2D eigenvalue weighted by molar-refractivity contribution is 0.242. The zero-order valence-electron chi connectivity index (χ0n) is 18.8. The number of nitrogens with zero attached hydrogens (tertiary/aromatic N) is 3. The van der Waals surface area contributed by atoms with Crippen LogP contribution in [0.5, 0.6) is 0 Å². The minimum Gasteiger partial charge on any atom is -0.329 e. The third-order valence-corrected chi connectivity index (χ3v) is 6.35. The largest absolute Gasteiger partial charge is 0.329 e. The summed E-state index contributed by atoms with van der Waals surface area (Å²) in [5.41, 5.74) is 5.03. The molecule has 0 aliphatic heterocycles. The highest BCUT2D eigenvalue weighted by molar-refractivity contribution is 7.98. The van der Waals surface area contributed by atoms with Gasteiger partial charge in [-0.05, 0) is 55.7 Å². The third kappa shape index (κ3) is 5.40. The van der Waals surface area contributed by atoms with Crippen molar-refractivity contribution in [3.8, 4) is 0 Å². The van der Waals surface area contributed by atoms with E-state index in [0.29, 0.717) is 5.75 Å². The number of allylic oxidation sites excluding steroid dienone is 1. The van der Waals surface area contributed by atoms with E-state index in [1.807, 2.05) is 63.2 Å². The summed E-state index contributed by atoms with van der Waals surface area (Å²) in [6, 6.07) is 15.6. The number of hydrogen-bond donors (Lipinski definition) is 3. The molecule has 0 atom stereocenters. The lowest BCUT2D eigenvalue weighted by Gasteiger charge is -2.27. The fourth-order valence-electron chi connectivity index (χ4n) is 3.44. The van der Waals surface area contributed by atoms with Crippen LogP contribution in [-0.2, 0) is 11.3 Å². The molecule has 0 unspecified atom stereocenters. The Morgan fingerprint density at radius 2 is 1.97 bits per heavy atom. The molecule has 0 saturated carbocycles. The number of anilines is 1. The molecule has 0 bridgehead atoms. The van der Waals surface area contributed by atoms with Gasteiger partial charge in [-0.3, -0.25) is 5.10 Å². The predicted octanol–water partition coefficient (Wildman–Crippen LogP) is 5.74. The molecular formula is C25H26N6OS. The van der Waals surface area contributed by atoms with Crippen LogP contribution >= 0.6 is 11.8 Å². The Morgan fingerprint density at radius 1 is 1.15 bits per heavy atom. The van der Waals surface area contributed by atoms with Gasteiger partial charge in [-0.2, -0.15) is 5.10 Å². The molecule has 3 N–H and O–H groups in total. The predicted molar refractivity (Wildman–Crippen MR) is 134 cm³/mol. The zero-order chi connectivity index (χ0) is 23.4. The number of hydrogen-bond acceptors (Lipinski definition) is 5. The number of fused-ring (bicyclic) bond motifs is 1. The lowest BCUT2D eigenvalue weighted by atomic mass is 9.92. The molecule has 4 rings (SSSR count). The van der Waals surface area contributed by atoms with Crippen LogP contribution in [0.4, 0.5) is 10.5 Å². The summed E-state index contributed by atoms with van der Waals surface area (Å²) >= 11 is 1.60. The smallest absolute Gasteiger partial charge is 0.319 e. The van der Waals surface area contributed by atoms with Crippen LogP contribution in [0.1, 0.15) is 37.5 Å². The monoisotopic (exact) mass is 458 g/mol. The maximum atomic E-state index is 12.8. The number of benzene rings is 2. The Hall–Kier alpha value is -3.65. The van der Waals surface area contributed by atoms with Crippen molar-refractivity contribution in [3.63, 3.8) is 0 Å². The Kier molecular flexibility index (Phi) is 6.46. The van der Waals surface area contributed by atoms with Gasteiger partial charge in [-0.25, -0.2) is 14.8 Å². The molecule has 2 amide bonds. The minimum atomic E-state index is -0.550. The Labute approximate surface area is 197 Å². The van der Waals surface area contributed by atoms with Crippen LogP contribution in [0, 0.1) is 0 Å². The number of nitrogens with one attached hydrogen (secondary N) is 3. The SMILES string of the molecule is C=C(C)c1cccc(C(C)(C)NC(=O)Nc2cccc(CSc3ncnc4[nH]ncc34)c2)c1. The second kappa shape index (κ2) is 9.46. The van der Waals surface area contributed by atoms with E-state index in [1.165, 1.54) is 6.33 Å². The maximum Gasteiger partial charge on any atom is 0.319 e. The number of carbonyl (C=O) groups excluding carboxylic acids is 1. The standard InChI is InChI=1S/C25H26N6OS/c1-16(2)18-8-6-9-19(12-18)25(3,4)30-24(32)29-20-10-5-7-17(11-20)14-33-23-21-13-28-31-22(21)26-15-27-23/h5-13,15H,1,14H2,2-4H3,(H2,29,30,32)(H,26,27,28,31). The molecule has 7 nitrogen and oxygen atoms in total. The number of urea groups is 1. The molecule has 0 aliphatic rings. The highest BCUT2D eigenvalue weighted by Gasteiger charge is 2.23. The number of aromatic amines is 1. The Bertz CT molecular complexity index is 1310. The molecule has 2 aromatic heterocycles. The van der Waals surface area contributed by atoms with E-state index in [9.17, 15) is 4.79 Å². The van der Waals surface area contributed by atoms with Crippen LogP contribution in [0.25, 0.3) is 16.6 Å². The Balaban J connectivity index is 1.40. The average molecular weight is 459 g/mol. The van der Waals surface area contributed by atoms with Crippen LogP contribution < -0.4 is 10.6 Å². The first kappa shape index (κ1) is 22.5. The van der Waals surface area contributed by atoms with Gasteiger partial charge in [-0.1, -0.05) is 42.5 Å². The van der Waals surface area contributed by atoms with Crippen LogP contribution in [-0.4, -0.2) is 26.2 Å². The third-order valence-electron chi connectivity index (χ3n) is 5.27. The van der Waals surface area contributed by atoms with E-state index in [1.54, 1.807) is 18.0 Å². The van der Waals surface area contributed by atoms with Crippen LogP contribution in [0.15, 0.2) is 72.7 Å². The summed E-state index contributed by atoms with van der Waals surface area (Å²) in [6.45, 7) is 9.94. The van der Waals surface area contributed by atoms with Gasteiger partial charge in [0, 0.05) is 11.4 Å². The summed E-state index contributed by atoms with van der Waals surface area (Å²) in [4.78, 5) is 21.3. The molecular weight excluding hydrogens is 432 g/mol. The van der Waals surface area contributed by atoms with Gasteiger partial charge in [-0.15, -0.1) is 11.8 Å². The number of carbonyl (C=O) groups is 1. The van der Waals surface area contributed by atoms with Crippen molar-refractivity contribution in [1.29, 1.82) is 0 Å². The van der Waals surface area contributed by atoms with E-state index < -0.39 is 5.54 Å². The van der Waals surface area contributed by atoms with Gasteiger partial charge in [0.05, 0.1) is 17.1 Å². The van der Waals surface area contributed by atoms with Gasteiger partial charge in [0.1, 0.15) is 11.4 Å². The second-order valence-corrected chi connectivity index (χ2v) is 9.33. The normalized spacial score (nSPS) is 11.4. The molecule has 0 spiro atoms. The first-order valence-electron chi connectivity index (χ1n) is 10.5. The van der Waals surface area contributed by atoms with Gasteiger partial charge < -0.3 is 10.6 Å². The van der Waals surface area contributed by atoms with Crippen LogP contribution in [0.3, 0.4) is 0 Å². The average Bonchev–Trinajstić information content (AvgIpc) is 3.27. The molecule has 0 saturated heterocycles. The maximum absolute atomic E-state index is 12.8. The van der Waals surface area contributed by atoms with E-state index >= 15 is 0 Å². The van der Waals surface area contributed by atoms with E-state index in [4.69, 9.17) is 0 Å². The summed E-state index contributed by atoms with van der Waals surface area (Å²) < 4.78 is 0.